The Morgan fingerprint density at radius 1 is 0.933 bits per heavy atom. The maximum Gasteiger partial charge on any atom is 0.265 e. The summed E-state index contributed by atoms with van der Waals surface area (Å²) in [4.78, 5) is 58.9. The Morgan fingerprint density at radius 3 is 2.50 bits per heavy atom. The molecule has 1 unspecified atom stereocenters. The number of benzene rings is 3. The zero-order valence-electron chi connectivity index (χ0n) is 32.9. The topological polar surface area (TPSA) is 193 Å². The number of methoxy groups -OCH3 is 1. The van der Waals surface area contributed by atoms with E-state index in [1.807, 2.05) is 36.5 Å². The van der Waals surface area contributed by atoms with Crippen molar-refractivity contribution in [1.29, 1.82) is 0 Å². The van der Waals surface area contributed by atoms with E-state index in [2.05, 4.69) is 35.0 Å². The lowest BCUT2D eigenvalue weighted by atomic mass is 9.64. The largest absolute Gasteiger partial charge is 0.496 e. The fraction of sp³-hybridized carbons (Fsp3) is 0.381. The highest BCUT2D eigenvalue weighted by atomic mass is 32.2. The highest BCUT2D eigenvalue weighted by Gasteiger charge is 2.51. The third kappa shape index (κ3) is 6.53. The summed E-state index contributed by atoms with van der Waals surface area (Å²) in [5.74, 6) is -1.55. The van der Waals surface area contributed by atoms with Crippen LogP contribution in [0.1, 0.15) is 58.4 Å². The molecule has 1 atom stereocenters. The normalized spacial score (nSPS) is 23.4. The van der Waals surface area contributed by atoms with Gasteiger partial charge >= 0.3 is 0 Å². The van der Waals surface area contributed by atoms with Crippen LogP contribution in [-0.4, -0.2) is 115 Å². The van der Waals surface area contributed by atoms with Crippen molar-refractivity contribution in [3.8, 4) is 5.75 Å². The van der Waals surface area contributed by atoms with Gasteiger partial charge in [0.05, 0.1) is 30.5 Å². The smallest absolute Gasteiger partial charge is 0.265 e. The van der Waals surface area contributed by atoms with E-state index in [0.29, 0.717) is 53.6 Å². The van der Waals surface area contributed by atoms with Gasteiger partial charge in [0.15, 0.2) is 11.4 Å². The van der Waals surface area contributed by atoms with Gasteiger partial charge in [-0.25, -0.2) is 8.42 Å². The second-order valence-electron chi connectivity index (χ2n) is 16.4. The number of aromatic nitrogens is 3. The maximum absolute atomic E-state index is 14.0. The van der Waals surface area contributed by atoms with Crippen LogP contribution in [0, 0.1) is 5.41 Å². The summed E-state index contributed by atoms with van der Waals surface area (Å²) in [5.41, 5.74) is 3.47. The molecular weight excluding hydrogens is 791 g/mol. The number of carbonyl (C=O) groups is 4. The van der Waals surface area contributed by atoms with Gasteiger partial charge in [-0.1, -0.05) is 17.3 Å². The van der Waals surface area contributed by atoms with Crippen molar-refractivity contribution < 1.29 is 36.9 Å². The quantitative estimate of drug-likeness (QED) is 0.195. The number of amides is 4. The number of nitrogens with one attached hydrogen (secondary N) is 2. The molecule has 0 bridgehead atoms. The van der Waals surface area contributed by atoms with Gasteiger partial charge in [-0.2, -0.15) is 5.10 Å². The van der Waals surface area contributed by atoms with Crippen molar-refractivity contribution in [1.82, 2.24) is 30.1 Å². The summed E-state index contributed by atoms with van der Waals surface area (Å²) in [5, 5.41) is 11.0. The fourth-order valence-electron chi connectivity index (χ4n) is 9.79. The van der Waals surface area contributed by atoms with Gasteiger partial charge in [-0.15, -0.1) is 0 Å². The van der Waals surface area contributed by atoms with Crippen LogP contribution in [0.25, 0.3) is 11.0 Å². The number of hydrogen-bond acceptors (Lipinski definition) is 13. The SMILES string of the molecule is COc1cc(Cn2cccn2)cc2onc(NS(=O)(=O)c3ccccc3N3CCN(C4CC5(CCN(c6ccc7c(c6)C(=O)N(C6CCC(=O)NC6=O)C7=O)C5)C4)CC3)c12. The number of rotatable bonds is 10. The van der Waals surface area contributed by atoms with E-state index in [-0.39, 0.29) is 34.5 Å². The average molecular weight is 834 g/mol. The summed E-state index contributed by atoms with van der Waals surface area (Å²) < 4.78 is 43.7. The van der Waals surface area contributed by atoms with Crippen LogP contribution >= 0.6 is 0 Å². The van der Waals surface area contributed by atoms with Crippen LogP contribution < -0.4 is 24.6 Å². The van der Waals surface area contributed by atoms with Gasteiger partial charge in [0, 0.05) is 69.8 Å². The van der Waals surface area contributed by atoms with Crippen LogP contribution in [0.15, 0.2) is 82.5 Å². The van der Waals surface area contributed by atoms with E-state index in [4.69, 9.17) is 9.26 Å². The monoisotopic (exact) mass is 833 g/mol. The molecule has 6 heterocycles. The predicted octanol–water partition coefficient (Wildman–Crippen LogP) is 3.46. The minimum atomic E-state index is -4.09. The summed E-state index contributed by atoms with van der Waals surface area (Å²) in [6.45, 7) is 5.08. The fourth-order valence-corrected chi connectivity index (χ4v) is 11.0. The zero-order valence-corrected chi connectivity index (χ0v) is 33.7. The average Bonchev–Trinajstić information content (AvgIpc) is 4.05. The van der Waals surface area contributed by atoms with Crippen molar-refractivity contribution in [3.05, 3.63) is 89.7 Å². The number of piperazine rings is 1. The van der Waals surface area contributed by atoms with Crippen molar-refractivity contribution in [2.75, 3.05) is 60.9 Å². The van der Waals surface area contributed by atoms with Crippen LogP contribution in [0.5, 0.6) is 5.75 Å². The van der Waals surface area contributed by atoms with Gasteiger partial charge in [-0.05, 0) is 85.2 Å². The number of fused-ring (bicyclic) bond motifs is 2. The van der Waals surface area contributed by atoms with Gasteiger partial charge in [0.1, 0.15) is 22.1 Å². The van der Waals surface area contributed by atoms with Crippen molar-refractivity contribution in [2.24, 2.45) is 5.41 Å². The molecular formula is C42H43N9O8S. The Bertz CT molecular complexity index is 2670. The molecule has 5 aromatic rings. The molecule has 4 fully saturated rings. The van der Waals surface area contributed by atoms with Crippen LogP contribution in [0.3, 0.4) is 0 Å². The number of carbonyl (C=O) groups excluding carboxylic acids is 4. The minimum Gasteiger partial charge on any atom is -0.496 e. The predicted molar refractivity (Wildman–Crippen MR) is 218 cm³/mol. The molecule has 5 aliphatic rings. The number of piperidine rings is 1. The molecule has 1 spiro atoms. The third-order valence-electron chi connectivity index (χ3n) is 12.8. The standard InChI is InChI=1S/C42H43N9O8S/c1-58-33-19-26(24-50-13-4-12-43-50)20-34-37(33)38(45-59-34)46-60(56,57)35-6-3-2-5-31(35)48-17-15-47(16-18-48)28-22-42(23-28)11-14-49(25-42)27-7-8-29-30(21-27)41(55)51(40(29)54)32-9-10-36(52)44-39(32)53/h2-8,12-13,19-21,28,32H,9-11,14-18,22-25H2,1H3,(H,45,46)(H,44,52,53). The highest BCUT2D eigenvalue weighted by Crippen LogP contribution is 2.51. The molecule has 17 nitrogen and oxygen atoms in total. The van der Waals surface area contributed by atoms with Crippen molar-refractivity contribution >= 4 is 61.8 Å². The second kappa shape index (κ2) is 14.5. The number of ether oxygens (including phenoxy) is 1. The number of nitrogens with zero attached hydrogens (tertiary/aromatic N) is 7. The number of para-hydroxylation sites is 1. The molecule has 1 aliphatic carbocycles. The molecule has 0 radical (unpaired) electrons. The molecule has 3 saturated heterocycles. The zero-order chi connectivity index (χ0) is 41.3. The summed E-state index contributed by atoms with van der Waals surface area (Å²) >= 11 is 0. The second-order valence-corrected chi connectivity index (χ2v) is 18.1. The highest BCUT2D eigenvalue weighted by molar-refractivity contribution is 7.93. The lowest BCUT2D eigenvalue weighted by molar-refractivity contribution is -0.136. The molecule has 1 saturated carbocycles. The minimum absolute atomic E-state index is 0.0488. The number of sulfonamides is 1. The van der Waals surface area contributed by atoms with E-state index in [0.717, 1.165) is 61.6 Å². The lowest BCUT2D eigenvalue weighted by Gasteiger charge is -2.52. The maximum atomic E-state index is 14.0. The molecule has 4 amide bonds. The van der Waals surface area contributed by atoms with Crippen molar-refractivity contribution in [2.45, 2.75) is 55.6 Å². The number of imide groups is 2. The first-order valence-electron chi connectivity index (χ1n) is 20.1. The van der Waals surface area contributed by atoms with E-state index < -0.39 is 39.7 Å². The molecule has 60 heavy (non-hydrogen) atoms. The molecule has 310 valence electrons. The van der Waals surface area contributed by atoms with Crippen LogP contribution in [-0.2, 0) is 26.2 Å². The van der Waals surface area contributed by atoms with E-state index in [1.165, 1.54) is 7.11 Å². The molecule has 3 aromatic carbocycles. The first-order chi connectivity index (χ1) is 29.0. The molecule has 2 N–H and O–H groups in total. The lowest BCUT2D eigenvalue weighted by Crippen LogP contribution is -2.57. The Labute approximate surface area is 345 Å². The molecule has 4 aliphatic heterocycles. The Hall–Kier alpha value is -6.27. The third-order valence-corrected chi connectivity index (χ3v) is 14.2. The Balaban J connectivity index is 0.765. The van der Waals surface area contributed by atoms with Crippen molar-refractivity contribution in [3.63, 3.8) is 0 Å². The van der Waals surface area contributed by atoms with Gasteiger partial charge in [-0.3, -0.25) is 43.7 Å². The summed E-state index contributed by atoms with van der Waals surface area (Å²) in [6, 6.07) is 17.2. The summed E-state index contributed by atoms with van der Waals surface area (Å²) in [7, 11) is -2.57. The van der Waals surface area contributed by atoms with E-state index in [1.54, 1.807) is 41.2 Å². The molecule has 18 heteroatoms. The van der Waals surface area contributed by atoms with Gasteiger partial charge < -0.3 is 19.1 Å². The summed E-state index contributed by atoms with van der Waals surface area (Å²) in [6.07, 6.45) is 6.85. The molecule has 10 rings (SSSR count). The first-order valence-corrected chi connectivity index (χ1v) is 21.6. The van der Waals surface area contributed by atoms with Crippen LogP contribution in [0.4, 0.5) is 17.2 Å². The van der Waals surface area contributed by atoms with E-state index in [9.17, 15) is 27.6 Å². The van der Waals surface area contributed by atoms with Crippen LogP contribution in [0.2, 0.25) is 0 Å². The first kappa shape index (κ1) is 38.0. The number of hydrogen-bond donors (Lipinski definition) is 2. The number of anilines is 3. The Morgan fingerprint density at radius 2 is 1.73 bits per heavy atom. The van der Waals surface area contributed by atoms with Gasteiger partial charge in [0.25, 0.3) is 21.8 Å². The molecule has 2 aromatic heterocycles. The van der Waals surface area contributed by atoms with E-state index >= 15 is 0 Å². The van der Waals surface area contributed by atoms with Gasteiger partial charge in [0.2, 0.25) is 11.8 Å². The Kier molecular flexibility index (Phi) is 9.16.